The number of rotatable bonds is 8. The summed E-state index contributed by atoms with van der Waals surface area (Å²) in [4.78, 5) is 4.26. The molecule has 0 fully saturated rings. The summed E-state index contributed by atoms with van der Waals surface area (Å²) < 4.78 is 8.08. The molecule has 0 saturated carbocycles. The van der Waals surface area contributed by atoms with Gasteiger partial charge in [-0.3, -0.25) is 4.99 Å². The molecule has 2 aromatic rings. The van der Waals surface area contributed by atoms with E-state index in [1.807, 2.05) is 18.2 Å². The molecule has 2 heterocycles. The van der Waals surface area contributed by atoms with Gasteiger partial charge in [-0.2, -0.15) is 0 Å². The molecule has 0 amide bonds. The SMILES string of the molecule is CN=C(NCCCOC(C)c1ccccc1)NCc1nnc2n1CCC2.I. The number of ether oxygens (including phenoxy) is 1. The summed E-state index contributed by atoms with van der Waals surface area (Å²) in [7, 11) is 1.78. The molecular formula is C19H29IN6O. The Kier molecular flexibility index (Phi) is 8.99. The van der Waals surface area contributed by atoms with Crippen LogP contribution in [0.4, 0.5) is 0 Å². The van der Waals surface area contributed by atoms with Crippen molar-refractivity contribution in [2.24, 2.45) is 4.99 Å². The highest BCUT2D eigenvalue weighted by Crippen LogP contribution is 2.16. The van der Waals surface area contributed by atoms with E-state index in [0.29, 0.717) is 13.2 Å². The predicted octanol–water partition coefficient (Wildman–Crippen LogP) is 2.68. The smallest absolute Gasteiger partial charge is 0.191 e. The fourth-order valence-corrected chi connectivity index (χ4v) is 3.08. The van der Waals surface area contributed by atoms with Gasteiger partial charge < -0.3 is 19.9 Å². The molecule has 7 nitrogen and oxygen atoms in total. The minimum absolute atomic E-state index is 0. The van der Waals surface area contributed by atoms with Crippen molar-refractivity contribution in [3.63, 3.8) is 0 Å². The van der Waals surface area contributed by atoms with E-state index < -0.39 is 0 Å². The number of benzene rings is 1. The van der Waals surface area contributed by atoms with Crippen molar-refractivity contribution >= 4 is 29.9 Å². The van der Waals surface area contributed by atoms with Crippen LogP contribution in [0.15, 0.2) is 35.3 Å². The van der Waals surface area contributed by atoms with E-state index in [-0.39, 0.29) is 30.1 Å². The van der Waals surface area contributed by atoms with Crippen molar-refractivity contribution < 1.29 is 4.74 Å². The number of hydrogen-bond donors (Lipinski definition) is 2. The molecule has 1 aromatic carbocycles. The summed E-state index contributed by atoms with van der Waals surface area (Å²) in [6, 6.07) is 10.3. The number of aryl methyl sites for hydroxylation is 1. The molecule has 0 aliphatic carbocycles. The number of aliphatic imine (C=N–C) groups is 1. The number of aromatic nitrogens is 3. The van der Waals surface area contributed by atoms with E-state index in [1.165, 1.54) is 5.56 Å². The summed E-state index contributed by atoms with van der Waals surface area (Å²) >= 11 is 0. The molecule has 1 unspecified atom stereocenters. The van der Waals surface area contributed by atoms with Gasteiger partial charge in [0, 0.05) is 33.2 Å². The van der Waals surface area contributed by atoms with Crippen LogP contribution in [0.1, 0.15) is 43.1 Å². The van der Waals surface area contributed by atoms with Crippen LogP contribution in [0.5, 0.6) is 0 Å². The second-order valence-corrected chi connectivity index (χ2v) is 6.42. The van der Waals surface area contributed by atoms with Crippen LogP contribution in [0.25, 0.3) is 0 Å². The van der Waals surface area contributed by atoms with E-state index in [1.54, 1.807) is 7.05 Å². The average Bonchev–Trinajstić information content (AvgIpc) is 3.29. The summed E-state index contributed by atoms with van der Waals surface area (Å²) in [6.07, 6.45) is 3.22. The highest BCUT2D eigenvalue weighted by Gasteiger charge is 2.17. The quantitative estimate of drug-likeness (QED) is 0.261. The van der Waals surface area contributed by atoms with Gasteiger partial charge in [-0.15, -0.1) is 34.2 Å². The van der Waals surface area contributed by atoms with Crippen molar-refractivity contribution in [1.82, 2.24) is 25.4 Å². The minimum atomic E-state index is 0. The molecule has 0 radical (unpaired) electrons. The Morgan fingerprint density at radius 1 is 1.26 bits per heavy atom. The van der Waals surface area contributed by atoms with Gasteiger partial charge in [-0.1, -0.05) is 30.3 Å². The lowest BCUT2D eigenvalue weighted by molar-refractivity contribution is 0.0646. The van der Waals surface area contributed by atoms with Crippen molar-refractivity contribution in [2.75, 3.05) is 20.2 Å². The van der Waals surface area contributed by atoms with E-state index >= 15 is 0 Å². The normalized spacial score (nSPS) is 14.4. The molecule has 1 aliphatic heterocycles. The zero-order valence-corrected chi connectivity index (χ0v) is 18.3. The largest absolute Gasteiger partial charge is 0.374 e. The van der Waals surface area contributed by atoms with Gasteiger partial charge in [0.05, 0.1) is 12.6 Å². The zero-order chi connectivity index (χ0) is 18.2. The maximum atomic E-state index is 5.89. The number of fused-ring (bicyclic) bond motifs is 1. The Bertz CT molecular complexity index is 718. The molecule has 27 heavy (non-hydrogen) atoms. The Morgan fingerprint density at radius 2 is 2.07 bits per heavy atom. The topological polar surface area (TPSA) is 76.4 Å². The Labute approximate surface area is 178 Å². The number of hydrogen-bond acceptors (Lipinski definition) is 4. The van der Waals surface area contributed by atoms with Gasteiger partial charge in [-0.05, 0) is 25.3 Å². The van der Waals surface area contributed by atoms with Gasteiger partial charge in [-0.25, -0.2) is 0 Å². The number of halogens is 1. The van der Waals surface area contributed by atoms with E-state index in [2.05, 4.69) is 49.4 Å². The first-order valence-corrected chi connectivity index (χ1v) is 9.30. The number of guanidine groups is 1. The summed E-state index contributed by atoms with van der Waals surface area (Å²) in [6.45, 7) is 5.24. The molecule has 1 aromatic heterocycles. The molecule has 1 atom stereocenters. The molecule has 0 saturated heterocycles. The second kappa shape index (κ2) is 11.2. The molecule has 0 spiro atoms. The van der Waals surface area contributed by atoms with Crippen molar-refractivity contribution in [3.05, 3.63) is 47.5 Å². The highest BCUT2D eigenvalue weighted by molar-refractivity contribution is 14.0. The van der Waals surface area contributed by atoms with E-state index in [0.717, 1.165) is 50.0 Å². The van der Waals surface area contributed by atoms with E-state index in [4.69, 9.17) is 4.74 Å². The first kappa shape index (κ1) is 21.6. The maximum Gasteiger partial charge on any atom is 0.191 e. The lowest BCUT2D eigenvalue weighted by atomic mass is 10.1. The van der Waals surface area contributed by atoms with Crippen molar-refractivity contribution in [1.29, 1.82) is 0 Å². The molecule has 1 aliphatic rings. The van der Waals surface area contributed by atoms with Gasteiger partial charge in [0.1, 0.15) is 5.82 Å². The lowest BCUT2D eigenvalue weighted by Gasteiger charge is -2.14. The minimum Gasteiger partial charge on any atom is -0.374 e. The van der Waals surface area contributed by atoms with Crippen molar-refractivity contribution in [2.45, 2.75) is 45.4 Å². The molecule has 3 rings (SSSR count). The Morgan fingerprint density at radius 3 is 2.85 bits per heavy atom. The zero-order valence-electron chi connectivity index (χ0n) is 16.0. The molecule has 148 valence electrons. The number of nitrogens with one attached hydrogen (secondary N) is 2. The second-order valence-electron chi connectivity index (χ2n) is 6.42. The third-order valence-corrected chi connectivity index (χ3v) is 4.57. The predicted molar refractivity (Wildman–Crippen MR) is 117 cm³/mol. The van der Waals surface area contributed by atoms with Crippen LogP contribution >= 0.6 is 24.0 Å². The number of nitrogens with zero attached hydrogens (tertiary/aromatic N) is 4. The van der Waals surface area contributed by atoms with Gasteiger partial charge in [0.2, 0.25) is 0 Å². The van der Waals surface area contributed by atoms with Gasteiger partial charge in [0.15, 0.2) is 11.8 Å². The highest BCUT2D eigenvalue weighted by atomic mass is 127. The van der Waals surface area contributed by atoms with Crippen LogP contribution in [0.2, 0.25) is 0 Å². The third kappa shape index (κ3) is 6.17. The fraction of sp³-hybridized carbons (Fsp3) is 0.526. The lowest BCUT2D eigenvalue weighted by Crippen LogP contribution is -2.38. The maximum absolute atomic E-state index is 5.89. The van der Waals surface area contributed by atoms with E-state index in [9.17, 15) is 0 Å². The fourth-order valence-electron chi connectivity index (χ4n) is 3.08. The first-order chi connectivity index (χ1) is 12.8. The van der Waals surface area contributed by atoms with Crippen molar-refractivity contribution in [3.8, 4) is 0 Å². The molecule has 8 heteroatoms. The van der Waals surface area contributed by atoms with Crippen LogP contribution in [0.3, 0.4) is 0 Å². The van der Waals surface area contributed by atoms with Crippen LogP contribution in [0, 0.1) is 0 Å². The van der Waals surface area contributed by atoms with Gasteiger partial charge >= 0.3 is 0 Å². The third-order valence-electron chi connectivity index (χ3n) is 4.57. The summed E-state index contributed by atoms with van der Waals surface area (Å²) in [5.41, 5.74) is 1.21. The molecule has 0 bridgehead atoms. The van der Waals surface area contributed by atoms with Crippen LogP contribution in [-0.4, -0.2) is 40.9 Å². The Balaban J connectivity index is 0.00000261. The molecule has 2 N–H and O–H groups in total. The van der Waals surface area contributed by atoms with Crippen LogP contribution < -0.4 is 10.6 Å². The van der Waals surface area contributed by atoms with Crippen LogP contribution in [-0.2, 0) is 24.2 Å². The average molecular weight is 484 g/mol. The standard InChI is InChI=1S/C19H28N6O.HI/c1-15(16-8-4-3-5-9-16)26-13-7-11-21-19(20-2)22-14-18-24-23-17-10-6-12-25(17)18;/h3-5,8-9,15H,6-7,10-14H2,1-2H3,(H2,20,21,22);1H. The van der Waals surface area contributed by atoms with Gasteiger partial charge in [0.25, 0.3) is 0 Å². The first-order valence-electron chi connectivity index (χ1n) is 9.30. The monoisotopic (exact) mass is 484 g/mol. The Hall–Kier alpha value is -1.68. The summed E-state index contributed by atoms with van der Waals surface area (Å²) in [5, 5.41) is 15.1. The summed E-state index contributed by atoms with van der Waals surface area (Å²) in [5.74, 6) is 2.84. The molecular weight excluding hydrogens is 455 g/mol.